The van der Waals surface area contributed by atoms with Crippen molar-refractivity contribution in [2.24, 2.45) is 11.8 Å². The molecule has 0 aromatic carbocycles. The Morgan fingerprint density at radius 2 is 2.00 bits per heavy atom. The first-order chi connectivity index (χ1) is 9.43. The van der Waals surface area contributed by atoms with Gasteiger partial charge in [0.1, 0.15) is 6.04 Å². The third kappa shape index (κ3) is 5.49. The summed E-state index contributed by atoms with van der Waals surface area (Å²) in [4.78, 5) is 24.0. The van der Waals surface area contributed by atoms with E-state index in [2.05, 4.69) is 22.9 Å². The molecule has 3 N–H and O–H groups in total. The van der Waals surface area contributed by atoms with Crippen molar-refractivity contribution in [3.8, 4) is 0 Å². The molecule has 0 aromatic heterocycles. The number of hydrogen-bond donors (Lipinski definition) is 3. The minimum atomic E-state index is -0.481. The van der Waals surface area contributed by atoms with Crippen LogP contribution in [-0.4, -0.2) is 37.0 Å². The van der Waals surface area contributed by atoms with E-state index in [9.17, 15) is 9.59 Å². The Labute approximate surface area is 122 Å². The van der Waals surface area contributed by atoms with Crippen LogP contribution >= 0.6 is 0 Å². The average Bonchev–Trinajstić information content (AvgIpc) is 2.44. The molecule has 3 unspecified atom stereocenters. The van der Waals surface area contributed by atoms with Crippen molar-refractivity contribution in [3.63, 3.8) is 0 Å². The highest BCUT2D eigenvalue weighted by atomic mass is 16.2. The predicted molar refractivity (Wildman–Crippen MR) is 80.3 cm³/mol. The molecule has 1 aliphatic heterocycles. The van der Waals surface area contributed by atoms with E-state index in [4.69, 9.17) is 0 Å². The average molecular weight is 283 g/mol. The van der Waals surface area contributed by atoms with Gasteiger partial charge in [-0.3, -0.25) is 9.59 Å². The molecule has 0 radical (unpaired) electrons. The lowest BCUT2D eigenvalue weighted by atomic mass is 9.90. The molecule has 0 saturated carbocycles. The number of nitrogens with one attached hydrogen (secondary N) is 3. The Kier molecular flexibility index (Phi) is 6.99. The highest BCUT2D eigenvalue weighted by molar-refractivity contribution is 5.89. The van der Waals surface area contributed by atoms with Crippen molar-refractivity contribution in [2.45, 2.75) is 59.0 Å². The van der Waals surface area contributed by atoms with Crippen LogP contribution in [0.4, 0.5) is 0 Å². The monoisotopic (exact) mass is 283 g/mol. The van der Waals surface area contributed by atoms with E-state index in [0.717, 1.165) is 25.8 Å². The van der Waals surface area contributed by atoms with Crippen molar-refractivity contribution in [2.75, 3.05) is 13.1 Å². The molecule has 1 rings (SSSR count). The summed E-state index contributed by atoms with van der Waals surface area (Å²) >= 11 is 0. The zero-order valence-corrected chi connectivity index (χ0v) is 13.2. The molecule has 5 nitrogen and oxygen atoms in total. The topological polar surface area (TPSA) is 70.2 Å². The number of rotatable bonds is 6. The first-order valence-electron chi connectivity index (χ1n) is 7.75. The molecular formula is C15H29N3O2. The van der Waals surface area contributed by atoms with Gasteiger partial charge in [0.25, 0.3) is 0 Å². The normalized spacial score (nSPS) is 24.2. The quantitative estimate of drug-likeness (QED) is 0.682. The van der Waals surface area contributed by atoms with Gasteiger partial charge in [0.15, 0.2) is 0 Å². The molecule has 1 saturated heterocycles. The molecule has 3 atom stereocenters. The summed E-state index contributed by atoms with van der Waals surface area (Å²) in [5.74, 6) is 0.842. The van der Waals surface area contributed by atoms with Crippen LogP contribution in [0, 0.1) is 11.8 Å². The van der Waals surface area contributed by atoms with Gasteiger partial charge in [0, 0.05) is 6.54 Å². The maximum atomic E-state index is 12.2. The van der Waals surface area contributed by atoms with E-state index in [0.29, 0.717) is 18.4 Å². The number of hydrogen-bond acceptors (Lipinski definition) is 3. The molecule has 20 heavy (non-hydrogen) atoms. The molecule has 0 aromatic rings. The predicted octanol–water partition coefficient (Wildman–Crippen LogP) is 1.04. The lowest BCUT2D eigenvalue weighted by Crippen LogP contribution is -2.54. The Balaban J connectivity index is 2.38. The fourth-order valence-corrected chi connectivity index (χ4v) is 2.40. The first kappa shape index (κ1) is 17.0. The van der Waals surface area contributed by atoms with E-state index in [1.807, 2.05) is 13.8 Å². The molecule has 1 fully saturated rings. The lowest BCUT2D eigenvalue weighted by molar-refractivity contribution is -0.130. The van der Waals surface area contributed by atoms with Gasteiger partial charge in [-0.1, -0.05) is 27.2 Å². The minimum Gasteiger partial charge on any atom is -0.354 e. The van der Waals surface area contributed by atoms with Crippen LogP contribution in [0.5, 0.6) is 0 Å². The fourth-order valence-electron chi connectivity index (χ4n) is 2.40. The number of amides is 2. The molecule has 0 bridgehead atoms. The third-order valence-electron chi connectivity index (χ3n) is 3.84. The summed E-state index contributed by atoms with van der Waals surface area (Å²) < 4.78 is 0. The van der Waals surface area contributed by atoms with Gasteiger partial charge in [-0.2, -0.15) is 0 Å². The van der Waals surface area contributed by atoms with Gasteiger partial charge in [0.2, 0.25) is 11.8 Å². The van der Waals surface area contributed by atoms with E-state index in [1.165, 1.54) is 0 Å². The maximum absolute atomic E-state index is 12.2. The van der Waals surface area contributed by atoms with Gasteiger partial charge in [-0.05, 0) is 38.1 Å². The second kappa shape index (κ2) is 8.25. The van der Waals surface area contributed by atoms with Crippen molar-refractivity contribution >= 4 is 11.8 Å². The minimum absolute atomic E-state index is 0.0599. The van der Waals surface area contributed by atoms with Gasteiger partial charge in [-0.25, -0.2) is 0 Å². The largest absolute Gasteiger partial charge is 0.354 e. The summed E-state index contributed by atoms with van der Waals surface area (Å²) in [6.45, 7) is 9.49. The van der Waals surface area contributed by atoms with Crippen molar-refractivity contribution in [3.05, 3.63) is 0 Å². The van der Waals surface area contributed by atoms with Crippen LogP contribution in [0.15, 0.2) is 0 Å². The van der Waals surface area contributed by atoms with Crippen LogP contribution < -0.4 is 16.0 Å². The van der Waals surface area contributed by atoms with E-state index in [1.54, 1.807) is 6.92 Å². The van der Waals surface area contributed by atoms with Crippen LogP contribution in [0.2, 0.25) is 0 Å². The van der Waals surface area contributed by atoms with Gasteiger partial charge >= 0.3 is 0 Å². The number of piperidine rings is 1. The Morgan fingerprint density at radius 1 is 1.30 bits per heavy atom. The third-order valence-corrected chi connectivity index (χ3v) is 3.84. The lowest BCUT2D eigenvalue weighted by Gasteiger charge is -2.29. The highest BCUT2D eigenvalue weighted by Gasteiger charge is 2.27. The van der Waals surface area contributed by atoms with E-state index in [-0.39, 0.29) is 17.9 Å². The first-order valence-corrected chi connectivity index (χ1v) is 7.75. The maximum Gasteiger partial charge on any atom is 0.242 e. The molecule has 1 aliphatic rings. The fraction of sp³-hybridized carbons (Fsp3) is 0.867. The Hall–Kier alpha value is -1.10. The molecule has 116 valence electrons. The Bertz CT molecular complexity index is 331. The van der Waals surface area contributed by atoms with Crippen LogP contribution in [-0.2, 0) is 9.59 Å². The van der Waals surface area contributed by atoms with Crippen LogP contribution in [0.25, 0.3) is 0 Å². The summed E-state index contributed by atoms with van der Waals surface area (Å²) in [6.07, 6.45) is 3.10. The number of carbonyl (C=O) groups excluding carboxylic acids is 2. The summed E-state index contributed by atoms with van der Waals surface area (Å²) in [7, 11) is 0. The molecule has 1 heterocycles. The summed E-state index contributed by atoms with van der Waals surface area (Å²) in [6, 6.07) is -0.640. The van der Waals surface area contributed by atoms with Crippen molar-refractivity contribution in [1.29, 1.82) is 0 Å². The summed E-state index contributed by atoms with van der Waals surface area (Å²) in [5.41, 5.74) is 0. The molecule has 0 aliphatic carbocycles. The summed E-state index contributed by atoms with van der Waals surface area (Å²) in [5, 5.41) is 8.87. The van der Waals surface area contributed by atoms with Gasteiger partial charge in [-0.15, -0.1) is 0 Å². The Morgan fingerprint density at radius 3 is 2.60 bits per heavy atom. The van der Waals surface area contributed by atoms with Crippen LogP contribution in [0.1, 0.15) is 47.0 Å². The van der Waals surface area contributed by atoms with E-state index >= 15 is 0 Å². The van der Waals surface area contributed by atoms with Crippen LogP contribution in [0.3, 0.4) is 0 Å². The molecule has 0 spiro atoms. The SMILES string of the molecule is CCC1CCNC(C(=O)NC(C)C(=O)NCC(C)C)C1. The zero-order valence-electron chi connectivity index (χ0n) is 13.2. The second-order valence-corrected chi connectivity index (χ2v) is 6.17. The van der Waals surface area contributed by atoms with Gasteiger partial charge in [0.05, 0.1) is 6.04 Å². The molecule has 5 heteroatoms. The second-order valence-electron chi connectivity index (χ2n) is 6.17. The zero-order chi connectivity index (χ0) is 15.1. The molecular weight excluding hydrogens is 254 g/mol. The van der Waals surface area contributed by atoms with Gasteiger partial charge < -0.3 is 16.0 Å². The standard InChI is InChI=1S/C15H29N3O2/c1-5-12-6-7-16-13(8-12)15(20)18-11(4)14(19)17-9-10(2)3/h10-13,16H,5-9H2,1-4H3,(H,17,19)(H,18,20). The molecule has 2 amide bonds. The smallest absolute Gasteiger partial charge is 0.242 e. The van der Waals surface area contributed by atoms with Crippen molar-refractivity contribution < 1.29 is 9.59 Å². The number of carbonyl (C=O) groups is 2. The highest BCUT2D eigenvalue weighted by Crippen LogP contribution is 2.19. The van der Waals surface area contributed by atoms with E-state index < -0.39 is 6.04 Å². The van der Waals surface area contributed by atoms with Crippen molar-refractivity contribution in [1.82, 2.24) is 16.0 Å².